The smallest absolute Gasteiger partial charge is 0.251 e. The molecule has 0 radical (unpaired) electrons. The first kappa shape index (κ1) is 15.3. The average molecular weight is 308 g/mol. The monoisotopic (exact) mass is 308 g/mol. The lowest BCUT2D eigenvalue weighted by molar-refractivity contribution is -0.116. The fourth-order valence-corrected chi connectivity index (χ4v) is 2.96. The molecule has 2 aromatic rings. The fourth-order valence-electron chi connectivity index (χ4n) is 2.96. The normalized spacial score (nSPS) is 12.9. The minimum absolute atomic E-state index is 0.0421. The molecule has 1 aliphatic rings. The maximum atomic E-state index is 12.4. The zero-order valence-corrected chi connectivity index (χ0v) is 13.4. The second-order valence-electron chi connectivity index (χ2n) is 5.87. The van der Waals surface area contributed by atoms with Crippen LogP contribution in [0.15, 0.2) is 42.5 Å². The second-order valence-corrected chi connectivity index (χ2v) is 5.87. The van der Waals surface area contributed by atoms with Crippen molar-refractivity contribution in [3.05, 3.63) is 64.7 Å². The lowest BCUT2D eigenvalue weighted by Crippen LogP contribution is -2.26. The van der Waals surface area contributed by atoms with Crippen molar-refractivity contribution >= 4 is 17.5 Å². The maximum absolute atomic E-state index is 12.4. The minimum Gasteiger partial charge on any atom is -0.348 e. The van der Waals surface area contributed by atoms with Gasteiger partial charge in [-0.3, -0.25) is 9.59 Å². The van der Waals surface area contributed by atoms with E-state index < -0.39 is 0 Å². The molecule has 1 N–H and O–H groups in total. The summed E-state index contributed by atoms with van der Waals surface area (Å²) in [6.45, 7) is 4.81. The molecule has 0 fully saturated rings. The van der Waals surface area contributed by atoms with E-state index in [1.54, 1.807) is 17.9 Å². The number of nitrogens with zero attached hydrogens (tertiary/aromatic N) is 1. The van der Waals surface area contributed by atoms with Crippen LogP contribution >= 0.6 is 0 Å². The van der Waals surface area contributed by atoms with Gasteiger partial charge in [0.25, 0.3) is 5.91 Å². The van der Waals surface area contributed by atoms with Crippen molar-refractivity contribution in [1.82, 2.24) is 5.32 Å². The van der Waals surface area contributed by atoms with E-state index in [0.29, 0.717) is 18.7 Å². The van der Waals surface area contributed by atoms with Crippen LogP contribution in [0.5, 0.6) is 0 Å². The average Bonchev–Trinajstić information content (AvgIpc) is 2.97. The Morgan fingerprint density at radius 1 is 1.17 bits per heavy atom. The first-order valence-corrected chi connectivity index (χ1v) is 7.80. The Kier molecular flexibility index (Phi) is 4.15. The van der Waals surface area contributed by atoms with Crippen LogP contribution in [0.25, 0.3) is 0 Å². The van der Waals surface area contributed by atoms with Gasteiger partial charge < -0.3 is 10.2 Å². The summed E-state index contributed by atoms with van der Waals surface area (Å²) < 4.78 is 0. The third-order valence-electron chi connectivity index (χ3n) is 4.32. The molecule has 0 atom stereocenters. The number of hydrogen-bond acceptors (Lipinski definition) is 2. The largest absolute Gasteiger partial charge is 0.348 e. The molecule has 0 aromatic heterocycles. The van der Waals surface area contributed by atoms with Gasteiger partial charge in [-0.1, -0.05) is 24.3 Å². The lowest BCUT2D eigenvalue weighted by Gasteiger charge is -2.15. The van der Waals surface area contributed by atoms with E-state index in [4.69, 9.17) is 0 Å². The zero-order chi connectivity index (χ0) is 16.4. The number of carbonyl (C=O) groups excluding carboxylic acids is 2. The van der Waals surface area contributed by atoms with Crippen molar-refractivity contribution in [2.75, 3.05) is 11.4 Å². The molecule has 0 saturated carbocycles. The highest BCUT2D eigenvalue weighted by molar-refractivity contribution is 5.97. The van der Waals surface area contributed by atoms with Crippen molar-refractivity contribution < 1.29 is 9.59 Å². The number of amides is 2. The Bertz CT molecular complexity index is 768. The van der Waals surface area contributed by atoms with Crippen LogP contribution in [0, 0.1) is 6.92 Å². The summed E-state index contributed by atoms with van der Waals surface area (Å²) in [4.78, 5) is 25.7. The highest BCUT2D eigenvalue weighted by Gasteiger charge is 2.23. The van der Waals surface area contributed by atoms with E-state index in [1.807, 2.05) is 43.3 Å². The molecule has 3 rings (SSSR count). The van der Waals surface area contributed by atoms with E-state index in [-0.39, 0.29) is 11.8 Å². The van der Waals surface area contributed by atoms with Gasteiger partial charge in [0.15, 0.2) is 0 Å². The van der Waals surface area contributed by atoms with Crippen LogP contribution in [0.4, 0.5) is 5.69 Å². The molecule has 0 spiro atoms. The van der Waals surface area contributed by atoms with Gasteiger partial charge in [-0.2, -0.15) is 0 Å². The minimum atomic E-state index is -0.0858. The summed E-state index contributed by atoms with van der Waals surface area (Å²) in [6, 6.07) is 13.6. The summed E-state index contributed by atoms with van der Waals surface area (Å²) in [5.41, 5.74) is 4.91. The van der Waals surface area contributed by atoms with Gasteiger partial charge >= 0.3 is 0 Å². The standard InChI is InChI=1S/C19H20N2O2/c1-13-5-3-4-6-17(13)12-20-19(23)16-7-8-18-15(11-16)9-10-21(18)14(2)22/h3-8,11H,9-10,12H2,1-2H3,(H,20,23). The number of rotatable bonds is 3. The van der Waals surface area contributed by atoms with Gasteiger partial charge in [-0.25, -0.2) is 0 Å². The second kappa shape index (κ2) is 6.24. The molecule has 0 unspecified atom stereocenters. The van der Waals surface area contributed by atoms with Gasteiger partial charge in [0.05, 0.1) is 0 Å². The number of nitrogens with one attached hydrogen (secondary N) is 1. The van der Waals surface area contributed by atoms with Gasteiger partial charge in [-0.15, -0.1) is 0 Å². The number of hydrogen-bond donors (Lipinski definition) is 1. The molecule has 0 saturated heterocycles. The third-order valence-corrected chi connectivity index (χ3v) is 4.32. The molecule has 1 heterocycles. The summed E-state index contributed by atoms with van der Waals surface area (Å²) in [6.07, 6.45) is 0.799. The van der Waals surface area contributed by atoms with Gasteiger partial charge in [0, 0.05) is 31.3 Å². The Labute approximate surface area is 136 Å². The SMILES string of the molecule is CC(=O)N1CCc2cc(C(=O)NCc3ccccc3C)ccc21. The molecule has 4 nitrogen and oxygen atoms in total. The topological polar surface area (TPSA) is 49.4 Å². The Morgan fingerprint density at radius 2 is 1.96 bits per heavy atom. The highest BCUT2D eigenvalue weighted by Crippen LogP contribution is 2.28. The van der Waals surface area contributed by atoms with Gasteiger partial charge in [0.2, 0.25) is 5.91 Å². The highest BCUT2D eigenvalue weighted by atomic mass is 16.2. The first-order valence-electron chi connectivity index (χ1n) is 7.80. The Morgan fingerprint density at radius 3 is 2.70 bits per heavy atom. The molecule has 1 aliphatic heterocycles. The van der Waals surface area contributed by atoms with Crippen LogP contribution in [-0.2, 0) is 17.8 Å². The maximum Gasteiger partial charge on any atom is 0.251 e. The molecule has 0 aliphatic carbocycles. The number of fused-ring (bicyclic) bond motifs is 1. The summed E-state index contributed by atoms with van der Waals surface area (Å²) in [5, 5.41) is 2.96. The van der Waals surface area contributed by atoms with Crippen molar-refractivity contribution in [2.45, 2.75) is 26.8 Å². The van der Waals surface area contributed by atoms with Crippen LogP contribution in [0.3, 0.4) is 0 Å². The number of aryl methyl sites for hydroxylation is 1. The third kappa shape index (κ3) is 3.11. The van der Waals surface area contributed by atoms with Crippen LogP contribution in [0.1, 0.15) is 34.0 Å². The van der Waals surface area contributed by atoms with Crippen LogP contribution in [-0.4, -0.2) is 18.4 Å². The van der Waals surface area contributed by atoms with E-state index in [2.05, 4.69) is 5.32 Å². The molecule has 0 bridgehead atoms. The molecular weight excluding hydrogens is 288 g/mol. The van der Waals surface area contributed by atoms with Crippen molar-refractivity contribution in [2.24, 2.45) is 0 Å². The Balaban J connectivity index is 1.72. The number of carbonyl (C=O) groups is 2. The van der Waals surface area contributed by atoms with Crippen molar-refractivity contribution in [1.29, 1.82) is 0 Å². The quantitative estimate of drug-likeness (QED) is 0.948. The van der Waals surface area contributed by atoms with Crippen molar-refractivity contribution in [3.63, 3.8) is 0 Å². The van der Waals surface area contributed by atoms with Crippen LogP contribution in [0.2, 0.25) is 0 Å². The predicted molar refractivity (Wildman–Crippen MR) is 90.5 cm³/mol. The lowest BCUT2D eigenvalue weighted by atomic mass is 10.1. The zero-order valence-electron chi connectivity index (χ0n) is 13.4. The molecule has 2 amide bonds. The Hall–Kier alpha value is -2.62. The van der Waals surface area contributed by atoms with E-state index in [9.17, 15) is 9.59 Å². The molecule has 4 heteroatoms. The van der Waals surface area contributed by atoms with E-state index >= 15 is 0 Å². The van der Waals surface area contributed by atoms with Gasteiger partial charge in [0.1, 0.15) is 0 Å². The molecule has 2 aromatic carbocycles. The number of anilines is 1. The molecular formula is C19H20N2O2. The molecule has 118 valence electrons. The van der Waals surface area contributed by atoms with E-state index in [0.717, 1.165) is 23.2 Å². The van der Waals surface area contributed by atoms with Crippen molar-refractivity contribution in [3.8, 4) is 0 Å². The van der Waals surface area contributed by atoms with E-state index in [1.165, 1.54) is 5.56 Å². The molecule has 23 heavy (non-hydrogen) atoms. The summed E-state index contributed by atoms with van der Waals surface area (Å²) >= 11 is 0. The predicted octanol–water partition coefficient (Wildman–Crippen LogP) is 2.83. The first-order chi connectivity index (χ1) is 11.1. The van der Waals surface area contributed by atoms with Gasteiger partial charge in [-0.05, 0) is 48.2 Å². The fraction of sp³-hybridized carbons (Fsp3) is 0.263. The number of benzene rings is 2. The summed E-state index contributed by atoms with van der Waals surface area (Å²) in [5.74, 6) is -0.0437. The van der Waals surface area contributed by atoms with Crippen LogP contribution < -0.4 is 10.2 Å². The summed E-state index contributed by atoms with van der Waals surface area (Å²) in [7, 11) is 0.